The van der Waals surface area contributed by atoms with Crippen LogP contribution in [-0.4, -0.2) is 29.3 Å². The SMILES string of the molecule is CCc1cnc(CSc2cnc(NC(=O)N(CC)c3ccc4c(c3)OCO4)s2)o1. The second-order valence-electron chi connectivity index (χ2n) is 6.06. The zero-order valence-corrected chi connectivity index (χ0v) is 17.6. The predicted octanol–water partition coefficient (Wildman–Crippen LogP) is 4.77. The number of aryl methyl sites for hydroxylation is 1. The predicted molar refractivity (Wildman–Crippen MR) is 112 cm³/mol. The van der Waals surface area contributed by atoms with Crippen LogP contribution in [-0.2, 0) is 12.2 Å². The van der Waals surface area contributed by atoms with E-state index in [9.17, 15) is 4.79 Å². The van der Waals surface area contributed by atoms with Crippen molar-refractivity contribution >= 4 is 39.9 Å². The highest BCUT2D eigenvalue weighted by molar-refractivity contribution is 8.00. The average Bonchev–Trinajstić information content (AvgIpc) is 3.47. The molecule has 2 aromatic heterocycles. The Morgan fingerprint density at radius 3 is 2.90 bits per heavy atom. The number of nitrogens with one attached hydrogen (secondary N) is 1. The van der Waals surface area contributed by atoms with Crippen molar-refractivity contribution in [2.75, 3.05) is 23.6 Å². The molecule has 1 N–H and O–H groups in total. The normalized spacial score (nSPS) is 12.2. The van der Waals surface area contributed by atoms with Gasteiger partial charge in [-0.25, -0.2) is 14.8 Å². The smallest absolute Gasteiger partial charge is 0.328 e. The van der Waals surface area contributed by atoms with Gasteiger partial charge in [0.05, 0.1) is 22.4 Å². The molecule has 29 heavy (non-hydrogen) atoms. The number of ether oxygens (including phenoxy) is 2. The summed E-state index contributed by atoms with van der Waals surface area (Å²) in [5.74, 6) is 3.50. The maximum atomic E-state index is 12.7. The minimum absolute atomic E-state index is 0.198. The van der Waals surface area contributed by atoms with E-state index >= 15 is 0 Å². The van der Waals surface area contributed by atoms with Crippen LogP contribution in [0.4, 0.5) is 15.6 Å². The Morgan fingerprint density at radius 2 is 2.10 bits per heavy atom. The fraction of sp³-hybridized carbons (Fsp3) is 0.316. The zero-order valence-electron chi connectivity index (χ0n) is 16.0. The number of carbonyl (C=O) groups is 1. The highest BCUT2D eigenvalue weighted by Crippen LogP contribution is 2.36. The highest BCUT2D eigenvalue weighted by atomic mass is 32.2. The van der Waals surface area contributed by atoms with Crippen LogP contribution in [0.5, 0.6) is 11.5 Å². The number of aromatic nitrogens is 2. The number of amides is 2. The molecule has 0 saturated carbocycles. The summed E-state index contributed by atoms with van der Waals surface area (Å²) in [5, 5.41) is 3.40. The van der Waals surface area contributed by atoms with Crippen molar-refractivity contribution in [3.05, 3.63) is 42.2 Å². The van der Waals surface area contributed by atoms with E-state index in [4.69, 9.17) is 13.9 Å². The van der Waals surface area contributed by atoms with Crippen LogP contribution in [0.15, 0.2) is 39.2 Å². The van der Waals surface area contributed by atoms with E-state index in [0.717, 1.165) is 22.1 Å². The third kappa shape index (κ3) is 4.48. The number of benzene rings is 1. The Bertz CT molecular complexity index is 1000. The summed E-state index contributed by atoms with van der Waals surface area (Å²) in [6.07, 6.45) is 4.32. The number of carbonyl (C=O) groups excluding carboxylic acids is 1. The minimum atomic E-state index is -0.252. The van der Waals surface area contributed by atoms with Crippen molar-refractivity contribution < 1.29 is 18.7 Å². The molecular weight excluding hydrogens is 412 g/mol. The summed E-state index contributed by atoms with van der Waals surface area (Å²) in [6, 6.07) is 5.19. The van der Waals surface area contributed by atoms with Crippen LogP contribution in [0, 0.1) is 0 Å². The summed E-state index contributed by atoms with van der Waals surface area (Å²) in [4.78, 5) is 22.9. The quantitative estimate of drug-likeness (QED) is 0.538. The number of thioether (sulfide) groups is 1. The summed E-state index contributed by atoms with van der Waals surface area (Å²) in [7, 11) is 0. The van der Waals surface area contributed by atoms with Crippen LogP contribution in [0.2, 0.25) is 0 Å². The van der Waals surface area contributed by atoms with Crippen LogP contribution in [0.25, 0.3) is 0 Å². The summed E-state index contributed by atoms with van der Waals surface area (Å²) in [6.45, 7) is 4.64. The number of thiazole rings is 1. The molecule has 0 atom stereocenters. The Balaban J connectivity index is 1.37. The molecule has 152 valence electrons. The van der Waals surface area contributed by atoms with Gasteiger partial charge in [0, 0.05) is 24.7 Å². The number of hydrogen-bond acceptors (Lipinski definition) is 8. The molecule has 10 heteroatoms. The van der Waals surface area contributed by atoms with E-state index in [1.165, 1.54) is 11.3 Å². The van der Waals surface area contributed by atoms with Gasteiger partial charge in [-0.15, -0.1) is 11.8 Å². The van der Waals surface area contributed by atoms with Crippen molar-refractivity contribution in [2.24, 2.45) is 0 Å². The monoisotopic (exact) mass is 432 g/mol. The molecule has 1 aliphatic heterocycles. The molecule has 0 saturated heterocycles. The Labute approximate surface area is 176 Å². The first kappa shape index (κ1) is 19.6. The average molecular weight is 433 g/mol. The second-order valence-corrected chi connectivity index (χ2v) is 8.37. The second kappa shape index (κ2) is 8.75. The van der Waals surface area contributed by atoms with Crippen molar-refractivity contribution in [3.8, 4) is 11.5 Å². The van der Waals surface area contributed by atoms with Gasteiger partial charge in [-0.3, -0.25) is 10.2 Å². The topological polar surface area (TPSA) is 89.7 Å². The number of rotatable bonds is 7. The van der Waals surface area contributed by atoms with Crippen LogP contribution < -0.4 is 19.7 Å². The Kier molecular flexibility index (Phi) is 5.91. The number of urea groups is 1. The highest BCUT2D eigenvalue weighted by Gasteiger charge is 2.20. The van der Waals surface area contributed by atoms with Crippen LogP contribution >= 0.6 is 23.1 Å². The van der Waals surface area contributed by atoms with Gasteiger partial charge in [0.25, 0.3) is 0 Å². The van der Waals surface area contributed by atoms with Crippen molar-refractivity contribution in [2.45, 2.75) is 30.2 Å². The van der Waals surface area contributed by atoms with Gasteiger partial charge in [-0.05, 0) is 19.1 Å². The first-order valence-corrected chi connectivity index (χ1v) is 11.0. The van der Waals surface area contributed by atoms with Gasteiger partial charge < -0.3 is 13.9 Å². The van der Waals surface area contributed by atoms with Crippen molar-refractivity contribution in [1.82, 2.24) is 9.97 Å². The van der Waals surface area contributed by atoms with E-state index in [0.29, 0.717) is 34.8 Å². The van der Waals surface area contributed by atoms with Crippen LogP contribution in [0.3, 0.4) is 0 Å². The van der Waals surface area contributed by atoms with Crippen molar-refractivity contribution in [1.29, 1.82) is 0 Å². The van der Waals surface area contributed by atoms with Gasteiger partial charge in [-0.1, -0.05) is 18.3 Å². The molecule has 8 nitrogen and oxygen atoms in total. The molecule has 0 radical (unpaired) electrons. The summed E-state index contributed by atoms with van der Waals surface area (Å²) >= 11 is 2.99. The van der Waals surface area contributed by atoms with Gasteiger partial charge in [-0.2, -0.15) is 0 Å². The van der Waals surface area contributed by atoms with Gasteiger partial charge in [0.1, 0.15) is 5.76 Å². The molecule has 3 heterocycles. The lowest BCUT2D eigenvalue weighted by Gasteiger charge is -2.21. The summed E-state index contributed by atoms with van der Waals surface area (Å²) in [5.41, 5.74) is 0.732. The third-order valence-corrected chi connectivity index (χ3v) is 6.31. The molecule has 0 spiro atoms. The number of oxazole rings is 1. The van der Waals surface area contributed by atoms with Gasteiger partial charge in [0.15, 0.2) is 16.6 Å². The minimum Gasteiger partial charge on any atom is -0.454 e. The molecule has 3 aromatic rings. The largest absolute Gasteiger partial charge is 0.454 e. The molecule has 1 aliphatic rings. The van der Waals surface area contributed by atoms with E-state index < -0.39 is 0 Å². The van der Waals surface area contributed by atoms with E-state index in [1.807, 2.05) is 19.9 Å². The lowest BCUT2D eigenvalue weighted by Crippen LogP contribution is -2.34. The van der Waals surface area contributed by atoms with E-state index in [2.05, 4.69) is 15.3 Å². The van der Waals surface area contributed by atoms with Crippen LogP contribution in [0.1, 0.15) is 25.5 Å². The molecule has 0 aliphatic carbocycles. The first-order valence-electron chi connectivity index (χ1n) is 9.16. The molecular formula is C19H20N4O4S2. The molecule has 0 bridgehead atoms. The Morgan fingerprint density at radius 1 is 1.24 bits per heavy atom. The molecule has 0 fully saturated rings. The molecule has 2 amide bonds. The number of anilines is 2. The Hall–Kier alpha value is -2.72. The molecule has 1 aromatic carbocycles. The van der Waals surface area contributed by atoms with E-state index in [1.54, 1.807) is 41.2 Å². The maximum Gasteiger partial charge on any atom is 0.328 e. The molecule has 4 rings (SSSR count). The number of hydrogen-bond donors (Lipinski definition) is 1. The fourth-order valence-corrected chi connectivity index (χ4v) is 4.47. The lowest BCUT2D eigenvalue weighted by molar-refractivity contribution is 0.174. The zero-order chi connectivity index (χ0) is 20.2. The third-order valence-electron chi connectivity index (χ3n) is 4.22. The van der Waals surface area contributed by atoms with Gasteiger partial charge >= 0.3 is 6.03 Å². The fourth-order valence-electron chi connectivity index (χ4n) is 2.75. The first-order chi connectivity index (χ1) is 14.2. The van der Waals surface area contributed by atoms with Gasteiger partial charge in [0.2, 0.25) is 12.7 Å². The number of nitrogens with zero attached hydrogens (tertiary/aromatic N) is 3. The molecule has 0 unspecified atom stereocenters. The number of fused-ring (bicyclic) bond motifs is 1. The maximum absolute atomic E-state index is 12.7. The standard InChI is InChI=1S/C19H20N4O4S2/c1-3-13-8-20-16(27-13)10-28-17-9-21-18(29-17)22-19(24)23(4-2)12-5-6-14-15(7-12)26-11-25-14/h5-9H,3-4,10-11H2,1-2H3,(H,21,22,24). The van der Waals surface area contributed by atoms with E-state index in [-0.39, 0.29) is 12.8 Å². The lowest BCUT2D eigenvalue weighted by atomic mass is 10.2. The summed E-state index contributed by atoms with van der Waals surface area (Å²) < 4.78 is 17.3. The van der Waals surface area contributed by atoms with Crippen molar-refractivity contribution in [3.63, 3.8) is 0 Å².